The van der Waals surface area contributed by atoms with Crippen LogP contribution in [-0.2, 0) is 4.74 Å². The number of ether oxygens (including phenoxy) is 1. The first kappa shape index (κ1) is 14.1. The first-order valence-corrected chi connectivity index (χ1v) is 6.98. The molecule has 1 fully saturated rings. The molecule has 1 aliphatic heterocycles. The Hall–Kier alpha value is -1.27. The van der Waals surface area contributed by atoms with Gasteiger partial charge in [0.05, 0.1) is 12.2 Å². The van der Waals surface area contributed by atoms with Crippen LogP contribution >= 0.6 is 15.9 Å². The average Bonchev–Trinajstić information content (AvgIpc) is 2.36. The largest absolute Gasteiger partial charge is 0.409 e. The summed E-state index contributed by atoms with van der Waals surface area (Å²) >= 11 is 3.41. The fourth-order valence-electron chi connectivity index (χ4n) is 2.42. The molecule has 104 valence electrons. The van der Waals surface area contributed by atoms with Gasteiger partial charge in [-0.3, -0.25) is 0 Å². The van der Waals surface area contributed by atoms with Gasteiger partial charge in [0.1, 0.15) is 0 Å². The summed E-state index contributed by atoms with van der Waals surface area (Å²) in [6.07, 6.45) is 0.320. The highest BCUT2D eigenvalue weighted by Crippen LogP contribution is 2.27. The Morgan fingerprint density at radius 3 is 2.63 bits per heavy atom. The molecule has 0 bridgehead atoms. The van der Waals surface area contributed by atoms with E-state index >= 15 is 0 Å². The predicted molar refractivity (Wildman–Crippen MR) is 78.9 cm³/mol. The molecule has 2 rings (SSSR count). The molecular formula is C13H18BrN3O2. The van der Waals surface area contributed by atoms with Crippen LogP contribution in [0.4, 0.5) is 5.69 Å². The number of nitrogens with zero attached hydrogens (tertiary/aromatic N) is 2. The van der Waals surface area contributed by atoms with E-state index in [1.165, 1.54) is 0 Å². The van der Waals surface area contributed by atoms with Crippen molar-refractivity contribution in [2.24, 2.45) is 10.9 Å². The number of amidine groups is 1. The molecule has 1 aliphatic rings. The third kappa shape index (κ3) is 3.19. The zero-order chi connectivity index (χ0) is 14.0. The number of halogens is 1. The van der Waals surface area contributed by atoms with Gasteiger partial charge in [-0.15, -0.1) is 0 Å². The van der Waals surface area contributed by atoms with E-state index in [0.717, 1.165) is 28.8 Å². The van der Waals surface area contributed by atoms with Gasteiger partial charge in [-0.2, -0.15) is 0 Å². The van der Waals surface area contributed by atoms with Gasteiger partial charge in [0, 0.05) is 28.8 Å². The molecular weight excluding hydrogens is 310 g/mol. The Morgan fingerprint density at radius 2 is 2.05 bits per heavy atom. The molecule has 0 radical (unpaired) electrons. The molecule has 0 spiro atoms. The van der Waals surface area contributed by atoms with Crippen molar-refractivity contribution < 1.29 is 9.94 Å². The van der Waals surface area contributed by atoms with Gasteiger partial charge in [0.15, 0.2) is 5.84 Å². The van der Waals surface area contributed by atoms with Crippen LogP contribution in [0.3, 0.4) is 0 Å². The van der Waals surface area contributed by atoms with Crippen LogP contribution in [-0.4, -0.2) is 36.3 Å². The summed E-state index contributed by atoms with van der Waals surface area (Å²) < 4.78 is 6.62. The van der Waals surface area contributed by atoms with Gasteiger partial charge < -0.3 is 20.6 Å². The molecule has 6 heteroatoms. The normalized spacial score (nSPS) is 24.6. The minimum Gasteiger partial charge on any atom is -0.409 e. The lowest BCUT2D eigenvalue weighted by Gasteiger charge is -2.37. The van der Waals surface area contributed by atoms with Crippen molar-refractivity contribution in [3.63, 3.8) is 0 Å². The first-order valence-electron chi connectivity index (χ1n) is 6.19. The Bertz CT molecular complexity index is 483. The molecule has 0 aromatic heterocycles. The summed E-state index contributed by atoms with van der Waals surface area (Å²) in [4.78, 5) is 2.21. The minimum atomic E-state index is 0.114. The number of nitrogens with two attached hydrogens (primary N) is 1. The molecule has 0 aliphatic carbocycles. The highest BCUT2D eigenvalue weighted by molar-refractivity contribution is 9.10. The zero-order valence-corrected chi connectivity index (χ0v) is 12.6. The molecule has 0 amide bonds. The second-order valence-corrected chi connectivity index (χ2v) is 5.72. The number of benzene rings is 1. The smallest absolute Gasteiger partial charge is 0.172 e. The van der Waals surface area contributed by atoms with Crippen LogP contribution in [0.1, 0.15) is 19.4 Å². The molecule has 0 saturated carbocycles. The Kier molecular flexibility index (Phi) is 4.31. The summed E-state index contributed by atoms with van der Waals surface area (Å²) in [5.74, 6) is 0.114. The van der Waals surface area contributed by atoms with Gasteiger partial charge in [0.2, 0.25) is 0 Å². The minimum absolute atomic E-state index is 0.114. The van der Waals surface area contributed by atoms with E-state index in [9.17, 15) is 0 Å². The monoisotopic (exact) mass is 327 g/mol. The van der Waals surface area contributed by atoms with E-state index in [0.29, 0.717) is 0 Å². The van der Waals surface area contributed by atoms with Gasteiger partial charge in [-0.25, -0.2) is 0 Å². The lowest BCUT2D eigenvalue weighted by molar-refractivity contribution is -0.00522. The van der Waals surface area contributed by atoms with Crippen molar-refractivity contribution in [3.05, 3.63) is 28.2 Å². The van der Waals surface area contributed by atoms with Crippen LogP contribution in [0, 0.1) is 0 Å². The first-order chi connectivity index (χ1) is 9.01. The molecule has 3 N–H and O–H groups in total. The maximum Gasteiger partial charge on any atom is 0.172 e. The number of morpholine rings is 1. The van der Waals surface area contributed by atoms with E-state index in [1.54, 1.807) is 0 Å². The van der Waals surface area contributed by atoms with E-state index in [2.05, 4.69) is 26.0 Å². The third-order valence-electron chi connectivity index (χ3n) is 3.10. The number of rotatable bonds is 2. The lowest BCUT2D eigenvalue weighted by Crippen LogP contribution is -2.46. The van der Waals surface area contributed by atoms with Crippen LogP contribution in [0.25, 0.3) is 0 Å². The zero-order valence-electron chi connectivity index (χ0n) is 11.0. The van der Waals surface area contributed by atoms with Crippen LogP contribution in [0.5, 0.6) is 0 Å². The maximum atomic E-state index is 8.91. The summed E-state index contributed by atoms with van der Waals surface area (Å²) in [5.41, 5.74) is 7.44. The van der Waals surface area contributed by atoms with Crippen LogP contribution < -0.4 is 10.6 Å². The SMILES string of the molecule is C[C@@H]1CN(c2ccc(Br)cc2/C(N)=N/O)C[C@H](C)O1. The quantitative estimate of drug-likeness (QED) is 0.378. The summed E-state index contributed by atoms with van der Waals surface area (Å²) in [6.45, 7) is 5.67. The number of oxime groups is 1. The topological polar surface area (TPSA) is 71.1 Å². The average molecular weight is 328 g/mol. The van der Waals surface area contributed by atoms with Gasteiger partial charge in [-0.1, -0.05) is 21.1 Å². The second-order valence-electron chi connectivity index (χ2n) is 4.81. The van der Waals surface area contributed by atoms with E-state index in [-0.39, 0.29) is 18.0 Å². The van der Waals surface area contributed by atoms with Crippen LogP contribution in [0.15, 0.2) is 27.8 Å². The second kappa shape index (κ2) is 5.79. The van der Waals surface area contributed by atoms with E-state index < -0.39 is 0 Å². The van der Waals surface area contributed by atoms with Crippen molar-refractivity contribution >= 4 is 27.5 Å². The Balaban J connectivity index is 2.38. The van der Waals surface area contributed by atoms with Crippen molar-refractivity contribution in [2.75, 3.05) is 18.0 Å². The molecule has 5 nitrogen and oxygen atoms in total. The molecule has 1 saturated heterocycles. The molecule has 0 unspecified atom stereocenters. The fraction of sp³-hybridized carbons (Fsp3) is 0.462. The van der Waals surface area contributed by atoms with Crippen molar-refractivity contribution in [3.8, 4) is 0 Å². The van der Waals surface area contributed by atoms with Gasteiger partial charge in [-0.05, 0) is 32.0 Å². The molecule has 2 atom stereocenters. The molecule has 19 heavy (non-hydrogen) atoms. The predicted octanol–water partition coefficient (Wildman–Crippen LogP) is 2.16. The van der Waals surface area contributed by atoms with Crippen molar-refractivity contribution in [2.45, 2.75) is 26.1 Å². The van der Waals surface area contributed by atoms with Crippen LogP contribution in [0.2, 0.25) is 0 Å². The van der Waals surface area contributed by atoms with Crippen molar-refractivity contribution in [1.82, 2.24) is 0 Å². The maximum absolute atomic E-state index is 8.91. The molecule has 1 aromatic carbocycles. The highest BCUT2D eigenvalue weighted by Gasteiger charge is 2.24. The van der Waals surface area contributed by atoms with Gasteiger partial charge >= 0.3 is 0 Å². The summed E-state index contributed by atoms with van der Waals surface area (Å²) in [7, 11) is 0. The molecule has 1 aromatic rings. The number of hydrogen-bond donors (Lipinski definition) is 2. The van der Waals surface area contributed by atoms with E-state index in [1.807, 2.05) is 32.0 Å². The summed E-state index contributed by atoms with van der Waals surface area (Å²) in [5, 5.41) is 12.0. The Labute approximate surface area is 121 Å². The lowest BCUT2D eigenvalue weighted by atomic mass is 10.1. The number of anilines is 1. The highest BCUT2D eigenvalue weighted by atomic mass is 79.9. The number of hydrogen-bond acceptors (Lipinski definition) is 4. The fourth-order valence-corrected chi connectivity index (χ4v) is 2.78. The standard InChI is InChI=1S/C13H18BrN3O2/c1-8-6-17(7-9(2)19-8)12-4-3-10(14)5-11(12)13(15)16-18/h3-5,8-9,18H,6-7H2,1-2H3,(H2,15,16)/t8-,9+. The molecule has 1 heterocycles. The van der Waals surface area contributed by atoms with E-state index in [4.69, 9.17) is 15.7 Å². The third-order valence-corrected chi connectivity index (χ3v) is 3.60. The summed E-state index contributed by atoms with van der Waals surface area (Å²) in [6, 6.07) is 5.78. The Morgan fingerprint density at radius 1 is 1.42 bits per heavy atom. The van der Waals surface area contributed by atoms with Gasteiger partial charge in [0.25, 0.3) is 0 Å². The van der Waals surface area contributed by atoms with Crippen molar-refractivity contribution in [1.29, 1.82) is 0 Å².